The fourth-order valence-corrected chi connectivity index (χ4v) is 4.58. The maximum absolute atomic E-state index is 13.1. The third kappa shape index (κ3) is 4.06. The Bertz CT molecular complexity index is 620. The molecule has 138 valence electrons. The summed E-state index contributed by atoms with van der Waals surface area (Å²) < 4.78 is 5.99. The van der Waals surface area contributed by atoms with Crippen LogP contribution in [0.4, 0.5) is 0 Å². The molecule has 0 unspecified atom stereocenters. The van der Waals surface area contributed by atoms with Crippen molar-refractivity contribution in [3.05, 3.63) is 35.4 Å². The van der Waals surface area contributed by atoms with E-state index in [0.29, 0.717) is 12.3 Å². The fourth-order valence-electron chi connectivity index (χ4n) is 4.58. The Morgan fingerprint density at radius 2 is 1.84 bits per heavy atom. The molecule has 2 heterocycles. The molecule has 1 amide bonds. The number of piperazine rings is 1. The zero-order chi connectivity index (χ0) is 18.1. The maximum atomic E-state index is 13.1. The summed E-state index contributed by atoms with van der Waals surface area (Å²) in [6.45, 7) is 10.8. The van der Waals surface area contributed by atoms with Crippen LogP contribution in [0.1, 0.15) is 44.2 Å². The average molecular weight is 344 g/mol. The van der Waals surface area contributed by atoms with Gasteiger partial charge < -0.3 is 14.5 Å². The third-order valence-corrected chi connectivity index (χ3v) is 5.90. The highest BCUT2D eigenvalue weighted by Gasteiger charge is 2.44. The van der Waals surface area contributed by atoms with Crippen LogP contribution in [0.25, 0.3) is 0 Å². The molecule has 2 fully saturated rings. The van der Waals surface area contributed by atoms with Crippen LogP contribution in [0, 0.1) is 6.92 Å². The molecule has 2 aliphatic heterocycles. The topological polar surface area (TPSA) is 32.8 Å². The molecule has 0 bridgehead atoms. The minimum Gasteiger partial charge on any atom is -0.376 e. The average Bonchev–Trinajstić information content (AvgIpc) is 2.54. The van der Waals surface area contributed by atoms with Crippen molar-refractivity contribution in [2.45, 2.75) is 51.0 Å². The summed E-state index contributed by atoms with van der Waals surface area (Å²) in [6.07, 6.45) is 2.40. The second kappa shape index (κ2) is 7.08. The molecule has 2 aliphatic rings. The molecule has 1 aromatic carbocycles. The summed E-state index contributed by atoms with van der Waals surface area (Å²) in [6, 6.07) is 8.57. The highest BCUT2D eigenvalue weighted by molar-refractivity contribution is 5.78. The van der Waals surface area contributed by atoms with E-state index in [-0.39, 0.29) is 11.0 Å². The minimum absolute atomic E-state index is 0.118. The monoisotopic (exact) mass is 344 g/mol. The van der Waals surface area contributed by atoms with E-state index in [1.165, 1.54) is 11.1 Å². The van der Waals surface area contributed by atoms with E-state index in [1.54, 1.807) is 0 Å². The molecule has 0 aliphatic carbocycles. The molecule has 0 saturated carbocycles. The zero-order valence-electron chi connectivity index (χ0n) is 16.2. The van der Waals surface area contributed by atoms with Crippen molar-refractivity contribution in [3.8, 4) is 0 Å². The van der Waals surface area contributed by atoms with Gasteiger partial charge in [-0.1, -0.05) is 24.3 Å². The van der Waals surface area contributed by atoms with Gasteiger partial charge in [0.05, 0.1) is 5.60 Å². The maximum Gasteiger partial charge on any atom is 0.223 e. The van der Waals surface area contributed by atoms with Crippen molar-refractivity contribution in [3.63, 3.8) is 0 Å². The SMILES string of the molecule is Cc1ccccc1[C@]1(CC(=O)N2CCN(C)CC2)CCOC(C)(C)C1. The summed E-state index contributed by atoms with van der Waals surface area (Å²) in [7, 11) is 2.12. The van der Waals surface area contributed by atoms with E-state index in [4.69, 9.17) is 4.74 Å². The first-order chi connectivity index (χ1) is 11.8. The van der Waals surface area contributed by atoms with Crippen LogP contribution in [-0.2, 0) is 14.9 Å². The van der Waals surface area contributed by atoms with Gasteiger partial charge in [-0.2, -0.15) is 0 Å². The zero-order valence-corrected chi connectivity index (χ0v) is 16.2. The molecule has 0 N–H and O–H groups in total. The second-order valence-corrected chi connectivity index (χ2v) is 8.49. The molecule has 3 rings (SSSR count). The van der Waals surface area contributed by atoms with E-state index in [0.717, 1.165) is 45.6 Å². The number of carbonyl (C=O) groups excluding carboxylic acids is 1. The van der Waals surface area contributed by atoms with Crippen molar-refractivity contribution in [2.75, 3.05) is 39.8 Å². The van der Waals surface area contributed by atoms with Crippen LogP contribution in [0.15, 0.2) is 24.3 Å². The van der Waals surface area contributed by atoms with Gasteiger partial charge in [-0.3, -0.25) is 4.79 Å². The lowest BCUT2D eigenvalue weighted by Crippen LogP contribution is -2.51. The van der Waals surface area contributed by atoms with Gasteiger partial charge in [0, 0.05) is 44.6 Å². The van der Waals surface area contributed by atoms with Gasteiger partial charge >= 0.3 is 0 Å². The van der Waals surface area contributed by atoms with E-state index in [1.807, 2.05) is 0 Å². The Morgan fingerprint density at radius 1 is 1.16 bits per heavy atom. The van der Waals surface area contributed by atoms with Crippen LogP contribution in [-0.4, -0.2) is 61.1 Å². The lowest BCUT2D eigenvalue weighted by Gasteiger charge is -2.46. The number of carbonyl (C=O) groups is 1. The number of likely N-dealkylation sites (N-methyl/N-ethyl adjacent to an activating group) is 1. The molecular formula is C21H32N2O2. The first-order valence-electron chi connectivity index (χ1n) is 9.48. The number of rotatable bonds is 3. The van der Waals surface area contributed by atoms with Crippen molar-refractivity contribution < 1.29 is 9.53 Å². The number of hydrogen-bond donors (Lipinski definition) is 0. The van der Waals surface area contributed by atoms with Gasteiger partial charge in [-0.25, -0.2) is 0 Å². The van der Waals surface area contributed by atoms with Gasteiger partial charge in [-0.05, 0) is 51.8 Å². The van der Waals surface area contributed by atoms with Gasteiger partial charge in [0.25, 0.3) is 0 Å². The minimum atomic E-state index is -0.192. The Hall–Kier alpha value is -1.39. The second-order valence-electron chi connectivity index (χ2n) is 8.49. The summed E-state index contributed by atoms with van der Waals surface area (Å²) in [5.74, 6) is 0.300. The molecule has 0 aromatic heterocycles. The quantitative estimate of drug-likeness (QED) is 0.845. The summed E-state index contributed by atoms with van der Waals surface area (Å²) in [4.78, 5) is 17.5. The smallest absolute Gasteiger partial charge is 0.223 e. The molecule has 4 nitrogen and oxygen atoms in total. The molecule has 0 spiro atoms. The van der Waals surface area contributed by atoms with E-state index < -0.39 is 0 Å². The van der Waals surface area contributed by atoms with Crippen LogP contribution in [0.5, 0.6) is 0 Å². The lowest BCUT2D eigenvalue weighted by atomic mass is 9.66. The Morgan fingerprint density at radius 3 is 2.48 bits per heavy atom. The molecule has 1 atom stereocenters. The number of aryl methyl sites for hydroxylation is 1. The van der Waals surface area contributed by atoms with Gasteiger partial charge in [-0.15, -0.1) is 0 Å². The molecule has 4 heteroatoms. The normalized spacial score (nSPS) is 27.3. The van der Waals surface area contributed by atoms with Crippen molar-refractivity contribution in [1.82, 2.24) is 9.80 Å². The van der Waals surface area contributed by atoms with Gasteiger partial charge in [0.2, 0.25) is 5.91 Å². The number of hydrogen-bond acceptors (Lipinski definition) is 3. The van der Waals surface area contributed by atoms with Gasteiger partial charge in [0.15, 0.2) is 0 Å². The van der Waals surface area contributed by atoms with E-state index in [9.17, 15) is 4.79 Å². The lowest BCUT2D eigenvalue weighted by molar-refractivity contribution is -0.138. The Labute approximate surface area is 152 Å². The van der Waals surface area contributed by atoms with Crippen molar-refractivity contribution in [1.29, 1.82) is 0 Å². The molecule has 0 radical (unpaired) electrons. The van der Waals surface area contributed by atoms with E-state index in [2.05, 4.69) is 61.9 Å². The number of amides is 1. The Balaban J connectivity index is 1.87. The number of benzene rings is 1. The van der Waals surface area contributed by atoms with Crippen LogP contribution >= 0.6 is 0 Å². The number of nitrogens with zero attached hydrogens (tertiary/aromatic N) is 2. The van der Waals surface area contributed by atoms with Crippen molar-refractivity contribution >= 4 is 5.91 Å². The molecule has 25 heavy (non-hydrogen) atoms. The molecule has 1 aromatic rings. The molecular weight excluding hydrogens is 312 g/mol. The van der Waals surface area contributed by atoms with Crippen LogP contribution < -0.4 is 0 Å². The van der Waals surface area contributed by atoms with Crippen LogP contribution in [0.2, 0.25) is 0 Å². The third-order valence-electron chi connectivity index (χ3n) is 5.90. The predicted octanol–water partition coefficient (Wildman–Crippen LogP) is 2.99. The largest absolute Gasteiger partial charge is 0.376 e. The predicted molar refractivity (Wildman–Crippen MR) is 101 cm³/mol. The van der Waals surface area contributed by atoms with Gasteiger partial charge in [0.1, 0.15) is 0 Å². The first kappa shape index (κ1) is 18.4. The van der Waals surface area contributed by atoms with Crippen molar-refractivity contribution in [2.24, 2.45) is 0 Å². The summed E-state index contributed by atoms with van der Waals surface area (Å²) in [5.41, 5.74) is 2.30. The summed E-state index contributed by atoms with van der Waals surface area (Å²) >= 11 is 0. The fraction of sp³-hybridized carbons (Fsp3) is 0.667. The standard InChI is InChI=1S/C21H32N2O2/c1-17-7-5-6-8-18(17)21(9-14-25-20(2,3)16-21)15-19(24)23-12-10-22(4)11-13-23/h5-8H,9-16H2,1-4H3/t21-/m0/s1. The Kier molecular flexibility index (Phi) is 5.21. The molecule has 2 saturated heterocycles. The van der Waals surface area contributed by atoms with E-state index >= 15 is 0 Å². The highest BCUT2D eigenvalue weighted by Crippen LogP contribution is 2.45. The van der Waals surface area contributed by atoms with Crippen LogP contribution in [0.3, 0.4) is 0 Å². The summed E-state index contributed by atoms with van der Waals surface area (Å²) in [5, 5.41) is 0. The number of ether oxygens (including phenoxy) is 1. The first-order valence-corrected chi connectivity index (χ1v) is 9.48. The highest BCUT2D eigenvalue weighted by atomic mass is 16.5.